The summed E-state index contributed by atoms with van der Waals surface area (Å²) in [4.78, 5) is 38.3. The Balaban J connectivity index is 1.50. The third-order valence-corrected chi connectivity index (χ3v) is 8.11. The van der Waals surface area contributed by atoms with Gasteiger partial charge in [0.05, 0.1) is 32.5 Å². The highest BCUT2D eigenvalue weighted by molar-refractivity contribution is 6.14. The van der Waals surface area contributed by atoms with Crippen molar-refractivity contribution in [1.29, 1.82) is 0 Å². The predicted molar refractivity (Wildman–Crippen MR) is 167 cm³/mol. The maximum atomic E-state index is 13.5. The molecule has 15 heteroatoms. The van der Waals surface area contributed by atoms with E-state index in [-0.39, 0.29) is 37.9 Å². The lowest BCUT2D eigenvalue weighted by molar-refractivity contribution is -0.271. The predicted octanol–water partition coefficient (Wildman–Crippen LogP) is 4.66. The molecule has 3 aromatic carbocycles. The fraction of sp³-hybridized carbons (Fsp3) is 0.382. The topological polar surface area (TPSA) is 173 Å². The molecule has 3 aromatic rings. The van der Waals surface area contributed by atoms with Gasteiger partial charge in [0.15, 0.2) is 35.2 Å². The number of benzene rings is 3. The second kappa shape index (κ2) is 14.0. The van der Waals surface area contributed by atoms with Gasteiger partial charge in [-0.3, -0.25) is 0 Å². The van der Waals surface area contributed by atoms with Crippen LogP contribution in [0.2, 0.25) is 0 Å². The fourth-order valence-corrected chi connectivity index (χ4v) is 5.92. The number of esters is 1. The molecule has 0 radical (unpaired) electrons. The molecular weight excluding hydrogens is 648 g/mol. The van der Waals surface area contributed by atoms with Gasteiger partial charge in [-0.15, -0.1) is 0 Å². The van der Waals surface area contributed by atoms with Gasteiger partial charge in [-0.25, -0.2) is 14.4 Å². The Morgan fingerprint density at radius 3 is 2.35 bits per heavy atom. The first-order chi connectivity index (χ1) is 23.7. The van der Waals surface area contributed by atoms with E-state index < -0.39 is 49.0 Å². The van der Waals surface area contributed by atoms with E-state index in [0.717, 1.165) is 0 Å². The fourth-order valence-electron chi connectivity index (χ4n) is 5.92. The largest absolute Gasteiger partial charge is 0.509 e. The molecule has 15 nitrogen and oxygen atoms in total. The van der Waals surface area contributed by atoms with Gasteiger partial charge in [0.1, 0.15) is 25.1 Å². The Hall–Kier alpha value is -5.41. The molecule has 3 aliphatic rings. The average molecular weight is 683 g/mol. The Labute approximate surface area is 280 Å². The summed E-state index contributed by atoms with van der Waals surface area (Å²) in [6.45, 7) is 6.32. The highest BCUT2D eigenvalue weighted by atomic mass is 16.8. The number of ether oxygens (including phenoxy) is 11. The number of cyclic esters (lactones) is 1. The van der Waals surface area contributed by atoms with Crippen LogP contribution in [0.1, 0.15) is 29.8 Å². The third-order valence-electron chi connectivity index (χ3n) is 8.11. The van der Waals surface area contributed by atoms with E-state index in [9.17, 15) is 19.5 Å². The van der Waals surface area contributed by atoms with Crippen LogP contribution in [0.25, 0.3) is 21.9 Å². The Bertz CT molecular complexity index is 1790. The first-order valence-electron chi connectivity index (χ1n) is 15.3. The van der Waals surface area contributed by atoms with E-state index in [0.29, 0.717) is 50.5 Å². The minimum Gasteiger partial charge on any atom is -0.493 e. The molecule has 0 saturated carbocycles. The zero-order valence-electron chi connectivity index (χ0n) is 27.0. The molecule has 5 atom stereocenters. The van der Waals surface area contributed by atoms with Crippen molar-refractivity contribution in [3.63, 3.8) is 0 Å². The van der Waals surface area contributed by atoms with Crippen molar-refractivity contribution >= 4 is 29.1 Å². The maximum Gasteiger partial charge on any atom is 0.509 e. The number of carbonyl (C=O) groups excluding carboxylic acids is 3. The van der Waals surface area contributed by atoms with Gasteiger partial charge in [-0.05, 0) is 49.1 Å². The number of fused-ring (bicyclic) bond motifs is 3. The maximum absolute atomic E-state index is 13.5. The van der Waals surface area contributed by atoms with E-state index in [4.69, 9.17) is 52.1 Å². The van der Waals surface area contributed by atoms with Gasteiger partial charge < -0.3 is 57.2 Å². The quantitative estimate of drug-likeness (QED) is 0.178. The SMILES string of the molecule is C=CCOC(=O)O[C@H]1C(Oc2c3c(c(-c4ccc5c(c4)OCO5)c4cc(OC)c(OC)cc24)C(=O)OC3)O[C@H](C)[C@@H](OC(=O)OCC)[C@@H]1O. The molecule has 1 N–H and O–H groups in total. The molecule has 3 heterocycles. The van der Waals surface area contributed by atoms with E-state index in [2.05, 4.69) is 6.58 Å². The van der Waals surface area contributed by atoms with Crippen LogP contribution in [0.3, 0.4) is 0 Å². The van der Waals surface area contributed by atoms with Gasteiger partial charge in [-0.1, -0.05) is 18.7 Å². The van der Waals surface area contributed by atoms with Crippen LogP contribution in [-0.4, -0.2) is 88.3 Å². The number of methoxy groups -OCH3 is 2. The lowest BCUT2D eigenvalue weighted by Crippen LogP contribution is -2.61. The van der Waals surface area contributed by atoms with Crippen LogP contribution in [0, 0.1) is 0 Å². The standard InChI is InChI=1S/C34H34O15/c1-6-10-42-34(38)49-30-27(35)28(48-33(37)41-7-2)16(3)46-32(30)47-29-19-13-23(40-5)22(39-4)12-18(19)25(26-20(29)14-43-31(26)36)17-8-9-21-24(11-17)45-15-44-21/h6,8-9,11-13,16,27-28,30,32,35H,1,7,10,14-15H2,2-5H3/t16-,27+,28-,30-,32?/m1/s1. The molecule has 49 heavy (non-hydrogen) atoms. The number of rotatable bonds is 10. The van der Waals surface area contributed by atoms with Crippen molar-refractivity contribution in [3.05, 3.63) is 54.1 Å². The summed E-state index contributed by atoms with van der Waals surface area (Å²) in [5, 5.41) is 12.4. The molecule has 1 fully saturated rings. The molecule has 260 valence electrons. The van der Waals surface area contributed by atoms with Crippen molar-refractivity contribution < 1.29 is 71.6 Å². The minimum atomic E-state index is -1.67. The highest BCUT2D eigenvalue weighted by Crippen LogP contribution is 2.50. The van der Waals surface area contributed by atoms with Gasteiger partial charge in [-0.2, -0.15) is 0 Å². The number of hydrogen-bond donors (Lipinski definition) is 1. The smallest absolute Gasteiger partial charge is 0.493 e. The third kappa shape index (κ3) is 6.29. The monoisotopic (exact) mass is 682 g/mol. The van der Waals surface area contributed by atoms with Gasteiger partial charge >= 0.3 is 18.3 Å². The lowest BCUT2D eigenvalue weighted by atomic mass is 9.89. The van der Waals surface area contributed by atoms with Crippen LogP contribution in [0.5, 0.6) is 28.7 Å². The van der Waals surface area contributed by atoms with Crippen LogP contribution in [-0.2, 0) is 35.0 Å². The van der Waals surface area contributed by atoms with Gasteiger partial charge in [0, 0.05) is 16.5 Å². The molecule has 0 spiro atoms. The Morgan fingerprint density at radius 2 is 1.63 bits per heavy atom. The normalized spacial score (nSPS) is 22.1. The van der Waals surface area contributed by atoms with E-state index in [1.807, 2.05) is 0 Å². The molecule has 6 rings (SSSR count). The molecule has 0 bridgehead atoms. The Kier molecular flexibility index (Phi) is 9.56. The summed E-state index contributed by atoms with van der Waals surface area (Å²) in [5.41, 5.74) is 1.66. The minimum absolute atomic E-state index is 0.0198. The summed E-state index contributed by atoms with van der Waals surface area (Å²) in [6, 6.07) is 8.63. The number of aliphatic hydroxyl groups excluding tert-OH is 1. The van der Waals surface area contributed by atoms with Crippen LogP contribution in [0.4, 0.5) is 9.59 Å². The Morgan fingerprint density at radius 1 is 0.939 bits per heavy atom. The summed E-state index contributed by atoms with van der Waals surface area (Å²) in [7, 11) is 2.94. The number of carbonyl (C=O) groups is 3. The molecule has 1 unspecified atom stereocenters. The summed E-state index contributed by atoms with van der Waals surface area (Å²) in [6.07, 6.45) is -8.03. The molecule has 3 aliphatic heterocycles. The van der Waals surface area contributed by atoms with Gasteiger partial charge in [0.2, 0.25) is 13.1 Å². The first-order valence-corrected chi connectivity index (χ1v) is 15.3. The zero-order valence-corrected chi connectivity index (χ0v) is 27.0. The van der Waals surface area contributed by atoms with Crippen molar-refractivity contribution in [2.75, 3.05) is 34.2 Å². The van der Waals surface area contributed by atoms with Crippen LogP contribution >= 0.6 is 0 Å². The lowest BCUT2D eigenvalue weighted by Gasteiger charge is -2.41. The van der Waals surface area contributed by atoms with Crippen LogP contribution in [0.15, 0.2) is 43.0 Å². The summed E-state index contributed by atoms with van der Waals surface area (Å²) in [5.74, 6) is 1.24. The van der Waals surface area contributed by atoms with Crippen molar-refractivity contribution in [2.24, 2.45) is 0 Å². The summed E-state index contributed by atoms with van der Waals surface area (Å²) >= 11 is 0. The van der Waals surface area contributed by atoms with Gasteiger partial charge in [0.25, 0.3) is 0 Å². The summed E-state index contributed by atoms with van der Waals surface area (Å²) < 4.78 is 61.1. The van der Waals surface area contributed by atoms with Crippen molar-refractivity contribution in [1.82, 2.24) is 0 Å². The van der Waals surface area contributed by atoms with E-state index >= 15 is 0 Å². The zero-order chi connectivity index (χ0) is 34.8. The van der Waals surface area contributed by atoms with E-state index in [1.54, 1.807) is 37.3 Å². The van der Waals surface area contributed by atoms with Crippen LogP contribution < -0.4 is 23.7 Å². The average Bonchev–Trinajstić information content (AvgIpc) is 3.73. The second-order valence-electron chi connectivity index (χ2n) is 11.0. The molecular formula is C34H34O15. The molecule has 0 aromatic heterocycles. The molecule has 1 saturated heterocycles. The number of aliphatic hydroxyl groups is 1. The second-order valence-corrected chi connectivity index (χ2v) is 11.0. The van der Waals surface area contributed by atoms with E-state index in [1.165, 1.54) is 27.2 Å². The highest BCUT2D eigenvalue weighted by Gasteiger charge is 2.50. The van der Waals surface area contributed by atoms with Crippen molar-refractivity contribution in [3.8, 4) is 39.9 Å². The van der Waals surface area contributed by atoms with Crippen molar-refractivity contribution in [2.45, 2.75) is 51.2 Å². The first kappa shape index (κ1) is 33.5. The molecule has 0 amide bonds. The molecule has 0 aliphatic carbocycles. The number of hydrogen-bond acceptors (Lipinski definition) is 15.